The SMILES string of the molecule is Cc1cccc(-c2nn(C3CC(CNC(=O)OC(C)(C)C)C3)cc2C2CC2)n1. The van der Waals surface area contributed by atoms with Crippen LogP contribution in [-0.2, 0) is 4.74 Å². The van der Waals surface area contributed by atoms with Crippen molar-refractivity contribution < 1.29 is 9.53 Å². The number of amides is 1. The number of ether oxygens (including phenoxy) is 1. The Balaban J connectivity index is 1.37. The van der Waals surface area contributed by atoms with Crippen molar-refractivity contribution in [3.05, 3.63) is 35.7 Å². The monoisotopic (exact) mass is 382 g/mol. The van der Waals surface area contributed by atoms with Crippen LogP contribution in [-0.4, -0.2) is 33.0 Å². The lowest BCUT2D eigenvalue weighted by Gasteiger charge is -2.35. The second kappa shape index (κ2) is 7.22. The molecule has 6 nitrogen and oxygen atoms in total. The number of alkyl carbamates (subject to hydrolysis) is 1. The zero-order chi connectivity index (χ0) is 19.9. The maximum Gasteiger partial charge on any atom is 0.407 e. The van der Waals surface area contributed by atoms with E-state index in [1.165, 1.54) is 18.4 Å². The number of carbonyl (C=O) groups excluding carboxylic acids is 1. The lowest BCUT2D eigenvalue weighted by molar-refractivity contribution is 0.0498. The van der Waals surface area contributed by atoms with E-state index in [2.05, 4.69) is 33.3 Å². The summed E-state index contributed by atoms with van der Waals surface area (Å²) in [4.78, 5) is 16.5. The second-order valence-electron chi connectivity index (χ2n) is 9.23. The molecule has 0 spiro atoms. The zero-order valence-electron chi connectivity index (χ0n) is 17.2. The molecule has 0 aromatic carbocycles. The van der Waals surface area contributed by atoms with E-state index in [9.17, 15) is 4.79 Å². The molecule has 2 aliphatic rings. The van der Waals surface area contributed by atoms with E-state index in [1.807, 2.05) is 33.8 Å². The highest BCUT2D eigenvalue weighted by atomic mass is 16.6. The molecule has 0 radical (unpaired) electrons. The first kappa shape index (κ1) is 19.0. The van der Waals surface area contributed by atoms with Gasteiger partial charge in [0.15, 0.2) is 0 Å². The Morgan fingerprint density at radius 1 is 1.29 bits per heavy atom. The number of hydrogen-bond acceptors (Lipinski definition) is 4. The number of hydrogen-bond donors (Lipinski definition) is 1. The van der Waals surface area contributed by atoms with E-state index in [-0.39, 0.29) is 6.09 Å². The number of aryl methyl sites for hydroxylation is 1. The molecule has 0 aliphatic heterocycles. The highest BCUT2D eigenvalue weighted by Crippen LogP contribution is 2.45. The summed E-state index contributed by atoms with van der Waals surface area (Å²) >= 11 is 0. The van der Waals surface area contributed by atoms with Gasteiger partial charge in [0.25, 0.3) is 0 Å². The fourth-order valence-electron chi connectivity index (χ4n) is 3.78. The van der Waals surface area contributed by atoms with Crippen LogP contribution in [0.3, 0.4) is 0 Å². The van der Waals surface area contributed by atoms with Gasteiger partial charge in [-0.15, -0.1) is 0 Å². The van der Waals surface area contributed by atoms with Crippen LogP contribution in [0.1, 0.15) is 69.7 Å². The molecule has 2 aromatic rings. The van der Waals surface area contributed by atoms with Crippen LogP contribution in [0.4, 0.5) is 4.79 Å². The summed E-state index contributed by atoms with van der Waals surface area (Å²) in [7, 11) is 0. The Morgan fingerprint density at radius 3 is 2.68 bits per heavy atom. The highest BCUT2D eigenvalue weighted by Gasteiger charge is 2.35. The molecule has 0 saturated heterocycles. The number of aromatic nitrogens is 3. The third kappa shape index (κ3) is 4.37. The maximum atomic E-state index is 11.8. The normalized spacial score (nSPS) is 21.9. The van der Waals surface area contributed by atoms with E-state index in [0.717, 1.165) is 29.9 Å². The second-order valence-corrected chi connectivity index (χ2v) is 9.23. The predicted molar refractivity (Wildman–Crippen MR) is 108 cm³/mol. The molecule has 150 valence electrons. The summed E-state index contributed by atoms with van der Waals surface area (Å²) in [6.45, 7) is 8.31. The van der Waals surface area contributed by atoms with Gasteiger partial charge in [-0.05, 0) is 77.3 Å². The summed E-state index contributed by atoms with van der Waals surface area (Å²) in [5, 5.41) is 7.81. The van der Waals surface area contributed by atoms with Crippen molar-refractivity contribution in [1.82, 2.24) is 20.1 Å². The van der Waals surface area contributed by atoms with E-state index in [4.69, 9.17) is 9.84 Å². The van der Waals surface area contributed by atoms with Gasteiger partial charge in [-0.1, -0.05) is 6.07 Å². The van der Waals surface area contributed by atoms with Gasteiger partial charge in [0.2, 0.25) is 0 Å². The van der Waals surface area contributed by atoms with Gasteiger partial charge in [-0.3, -0.25) is 9.67 Å². The van der Waals surface area contributed by atoms with Gasteiger partial charge in [0, 0.05) is 24.0 Å². The van der Waals surface area contributed by atoms with Crippen molar-refractivity contribution in [2.24, 2.45) is 5.92 Å². The maximum absolute atomic E-state index is 11.8. The molecule has 2 aromatic heterocycles. The lowest BCUT2D eigenvalue weighted by Crippen LogP contribution is -2.39. The third-order valence-corrected chi connectivity index (χ3v) is 5.43. The Bertz CT molecular complexity index is 858. The molecule has 0 bridgehead atoms. The summed E-state index contributed by atoms with van der Waals surface area (Å²) in [5.74, 6) is 1.11. The fraction of sp³-hybridized carbons (Fsp3) is 0.591. The van der Waals surface area contributed by atoms with E-state index >= 15 is 0 Å². The molecule has 0 unspecified atom stereocenters. The van der Waals surface area contributed by atoms with Crippen molar-refractivity contribution in [3.63, 3.8) is 0 Å². The van der Waals surface area contributed by atoms with Crippen molar-refractivity contribution in [1.29, 1.82) is 0 Å². The quantitative estimate of drug-likeness (QED) is 0.820. The van der Waals surface area contributed by atoms with Gasteiger partial charge in [-0.2, -0.15) is 5.10 Å². The van der Waals surface area contributed by atoms with Crippen molar-refractivity contribution in [3.8, 4) is 11.4 Å². The minimum atomic E-state index is -0.458. The van der Waals surface area contributed by atoms with Crippen LogP contribution in [0.25, 0.3) is 11.4 Å². The van der Waals surface area contributed by atoms with Crippen LogP contribution < -0.4 is 5.32 Å². The van der Waals surface area contributed by atoms with Crippen LogP contribution >= 0.6 is 0 Å². The summed E-state index contributed by atoms with van der Waals surface area (Å²) in [6, 6.07) is 6.53. The molecule has 2 aliphatic carbocycles. The van der Waals surface area contributed by atoms with E-state index < -0.39 is 5.60 Å². The number of pyridine rings is 1. The average molecular weight is 383 g/mol. The average Bonchev–Trinajstić information content (AvgIpc) is 3.31. The predicted octanol–water partition coefficient (Wildman–Crippen LogP) is 4.61. The van der Waals surface area contributed by atoms with Gasteiger partial charge < -0.3 is 10.1 Å². The van der Waals surface area contributed by atoms with E-state index in [1.54, 1.807) is 0 Å². The molecule has 6 heteroatoms. The zero-order valence-corrected chi connectivity index (χ0v) is 17.2. The lowest BCUT2D eigenvalue weighted by atomic mass is 9.80. The molecule has 0 atom stereocenters. The first-order valence-corrected chi connectivity index (χ1v) is 10.3. The first-order valence-electron chi connectivity index (χ1n) is 10.3. The minimum Gasteiger partial charge on any atom is -0.444 e. The molecule has 4 rings (SSSR count). The minimum absolute atomic E-state index is 0.334. The van der Waals surface area contributed by atoms with Crippen molar-refractivity contribution in [2.45, 2.75) is 70.9 Å². The smallest absolute Gasteiger partial charge is 0.407 e. The van der Waals surface area contributed by atoms with Crippen LogP contribution in [0.2, 0.25) is 0 Å². The molecule has 2 saturated carbocycles. The molecule has 2 heterocycles. The van der Waals surface area contributed by atoms with Gasteiger partial charge in [-0.25, -0.2) is 4.79 Å². The Hall–Kier alpha value is -2.37. The number of carbonyl (C=O) groups is 1. The van der Waals surface area contributed by atoms with E-state index in [0.29, 0.717) is 24.4 Å². The number of nitrogens with one attached hydrogen (secondary N) is 1. The van der Waals surface area contributed by atoms with Gasteiger partial charge >= 0.3 is 6.09 Å². The Labute approximate surface area is 166 Å². The fourth-order valence-corrected chi connectivity index (χ4v) is 3.78. The van der Waals surface area contributed by atoms with Gasteiger partial charge in [0.1, 0.15) is 11.3 Å². The molecular formula is C22H30N4O2. The number of rotatable bonds is 5. The molecule has 2 fully saturated rings. The van der Waals surface area contributed by atoms with Crippen LogP contribution in [0.15, 0.2) is 24.4 Å². The van der Waals surface area contributed by atoms with Crippen molar-refractivity contribution in [2.75, 3.05) is 6.54 Å². The Morgan fingerprint density at radius 2 is 2.04 bits per heavy atom. The summed E-state index contributed by atoms with van der Waals surface area (Å²) in [5.41, 5.74) is 3.92. The topological polar surface area (TPSA) is 69.0 Å². The van der Waals surface area contributed by atoms with Crippen LogP contribution in [0, 0.1) is 12.8 Å². The first-order chi connectivity index (χ1) is 13.3. The molecule has 28 heavy (non-hydrogen) atoms. The molecular weight excluding hydrogens is 352 g/mol. The molecule has 1 N–H and O–H groups in total. The third-order valence-electron chi connectivity index (χ3n) is 5.43. The standard InChI is InChI=1S/C22H30N4O2/c1-14-6-5-7-19(24-14)20-18(16-8-9-16)13-26(25-20)17-10-15(11-17)12-23-21(27)28-22(2,3)4/h5-7,13,15-17H,8-12H2,1-4H3,(H,23,27). The Kier molecular flexibility index (Phi) is 4.89. The summed E-state index contributed by atoms with van der Waals surface area (Å²) < 4.78 is 7.44. The van der Waals surface area contributed by atoms with Crippen molar-refractivity contribution >= 4 is 6.09 Å². The van der Waals surface area contributed by atoms with Crippen LogP contribution in [0.5, 0.6) is 0 Å². The molecule has 1 amide bonds. The van der Waals surface area contributed by atoms with Gasteiger partial charge in [0.05, 0.1) is 11.7 Å². The largest absolute Gasteiger partial charge is 0.444 e. The highest BCUT2D eigenvalue weighted by molar-refractivity contribution is 5.67. The summed E-state index contributed by atoms with van der Waals surface area (Å²) in [6.07, 6.45) is 6.46. The number of nitrogens with zero attached hydrogens (tertiary/aromatic N) is 3.